The summed E-state index contributed by atoms with van der Waals surface area (Å²) in [7, 11) is 6.14. The first-order valence-corrected chi connectivity index (χ1v) is 6.82. The highest BCUT2D eigenvalue weighted by Crippen LogP contribution is 2.12. The van der Waals surface area contributed by atoms with E-state index in [-0.39, 0.29) is 0 Å². The molecule has 0 aromatic carbocycles. The number of rotatable bonds is 8. The molecule has 0 radical (unpaired) electrons. The number of hydrogen-bond acceptors (Lipinski definition) is 4. The summed E-state index contributed by atoms with van der Waals surface area (Å²) < 4.78 is 5.02. The summed E-state index contributed by atoms with van der Waals surface area (Å²) in [5.74, 6) is 0. The summed E-state index contributed by atoms with van der Waals surface area (Å²) in [6.45, 7) is 6.70. The second-order valence-corrected chi connectivity index (χ2v) is 5.16. The van der Waals surface area contributed by atoms with Crippen molar-refractivity contribution in [2.75, 3.05) is 60.5 Å². The van der Waals surface area contributed by atoms with Gasteiger partial charge in [-0.2, -0.15) is 0 Å². The molecule has 0 amide bonds. The first-order valence-electron chi connectivity index (χ1n) is 6.82. The molecule has 1 atom stereocenters. The van der Waals surface area contributed by atoms with Crippen molar-refractivity contribution in [3.8, 4) is 0 Å². The highest BCUT2D eigenvalue weighted by molar-refractivity contribution is 4.78. The van der Waals surface area contributed by atoms with E-state index in [0.717, 1.165) is 32.2 Å². The lowest BCUT2D eigenvalue weighted by atomic mass is 10.1. The van der Waals surface area contributed by atoms with E-state index >= 15 is 0 Å². The fourth-order valence-corrected chi connectivity index (χ4v) is 2.36. The molecule has 4 heteroatoms. The Labute approximate surface area is 106 Å². The standard InChI is InChI=1S/C13H29N3O/c1-15(2)13-6-4-9-16(12-13)10-8-14-7-5-11-17-3/h13-14H,4-12H2,1-3H3. The van der Waals surface area contributed by atoms with Gasteiger partial charge >= 0.3 is 0 Å². The van der Waals surface area contributed by atoms with Crippen LogP contribution in [0.1, 0.15) is 19.3 Å². The third kappa shape index (κ3) is 6.36. The predicted octanol–water partition coefficient (Wildman–Crippen LogP) is 0.639. The molecule has 0 spiro atoms. The number of methoxy groups -OCH3 is 1. The van der Waals surface area contributed by atoms with Crippen LogP contribution in [0.15, 0.2) is 0 Å². The number of likely N-dealkylation sites (N-methyl/N-ethyl adjacent to an activating group) is 1. The van der Waals surface area contributed by atoms with Crippen LogP contribution >= 0.6 is 0 Å². The van der Waals surface area contributed by atoms with Crippen LogP contribution < -0.4 is 5.32 Å². The minimum atomic E-state index is 0.747. The number of nitrogens with one attached hydrogen (secondary N) is 1. The Bertz CT molecular complexity index is 188. The normalized spacial score (nSPS) is 22.2. The van der Waals surface area contributed by atoms with Gasteiger partial charge in [0.25, 0.3) is 0 Å². The molecule has 17 heavy (non-hydrogen) atoms. The molecule has 1 unspecified atom stereocenters. The molecule has 0 saturated carbocycles. The molecule has 4 nitrogen and oxygen atoms in total. The third-order valence-electron chi connectivity index (χ3n) is 3.52. The SMILES string of the molecule is COCCCNCCN1CCCC(N(C)C)C1. The maximum Gasteiger partial charge on any atom is 0.0474 e. The van der Waals surface area contributed by atoms with Gasteiger partial charge in [-0.15, -0.1) is 0 Å². The van der Waals surface area contributed by atoms with Crippen molar-refractivity contribution < 1.29 is 4.74 Å². The molecular formula is C13H29N3O. The van der Waals surface area contributed by atoms with Crippen LogP contribution in [0.25, 0.3) is 0 Å². The highest BCUT2D eigenvalue weighted by Gasteiger charge is 2.20. The van der Waals surface area contributed by atoms with E-state index in [1.165, 1.54) is 32.5 Å². The van der Waals surface area contributed by atoms with Crippen molar-refractivity contribution in [3.63, 3.8) is 0 Å². The third-order valence-corrected chi connectivity index (χ3v) is 3.52. The summed E-state index contributed by atoms with van der Waals surface area (Å²) >= 11 is 0. The molecule has 0 aromatic rings. The fraction of sp³-hybridized carbons (Fsp3) is 1.00. The smallest absolute Gasteiger partial charge is 0.0474 e. The highest BCUT2D eigenvalue weighted by atomic mass is 16.5. The van der Waals surface area contributed by atoms with Gasteiger partial charge in [0.15, 0.2) is 0 Å². The maximum atomic E-state index is 5.02. The minimum absolute atomic E-state index is 0.747. The molecule has 102 valence electrons. The van der Waals surface area contributed by atoms with Crippen molar-refractivity contribution in [1.29, 1.82) is 0 Å². The van der Waals surface area contributed by atoms with Gasteiger partial charge in [0, 0.05) is 39.4 Å². The Balaban J connectivity index is 2.02. The number of likely N-dealkylation sites (tertiary alicyclic amines) is 1. The van der Waals surface area contributed by atoms with Crippen molar-refractivity contribution in [2.45, 2.75) is 25.3 Å². The van der Waals surface area contributed by atoms with Crippen molar-refractivity contribution in [1.82, 2.24) is 15.1 Å². The van der Waals surface area contributed by atoms with E-state index in [2.05, 4.69) is 29.2 Å². The Kier molecular flexibility index (Phi) is 7.77. The summed E-state index contributed by atoms with van der Waals surface area (Å²) in [6.07, 6.45) is 3.80. The molecule has 0 bridgehead atoms. The Morgan fingerprint density at radius 1 is 1.35 bits per heavy atom. The van der Waals surface area contributed by atoms with Crippen LogP contribution in [0.5, 0.6) is 0 Å². The van der Waals surface area contributed by atoms with E-state index in [4.69, 9.17) is 4.74 Å². The lowest BCUT2D eigenvalue weighted by molar-refractivity contribution is 0.133. The number of ether oxygens (including phenoxy) is 1. The summed E-state index contributed by atoms with van der Waals surface area (Å²) in [5.41, 5.74) is 0. The zero-order chi connectivity index (χ0) is 12.5. The average Bonchev–Trinajstić information content (AvgIpc) is 2.34. The van der Waals surface area contributed by atoms with E-state index in [0.29, 0.717) is 0 Å². The van der Waals surface area contributed by atoms with E-state index in [1.807, 2.05) is 0 Å². The van der Waals surface area contributed by atoms with Gasteiger partial charge in [-0.05, 0) is 46.4 Å². The van der Waals surface area contributed by atoms with Crippen molar-refractivity contribution >= 4 is 0 Å². The zero-order valence-corrected chi connectivity index (χ0v) is 11.7. The number of piperidine rings is 1. The van der Waals surface area contributed by atoms with Gasteiger partial charge in [0.05, 0.1) is 0 Å². The minimum Gasteiger partial charge on any atom is -0.385 e. The van der Waals surface area contributed by atoms with E-state index in [9.17, 15) is 0 Å². The lowest BCUT2D eigenvalue weighted by Crippen LogP contribution is -2.46. The number of hydrogen-bond donors (Lipinski definition) is 1. The fourth-order valence-electron chi connectivity index (χ4n) is 2.36. The van der Waals surface area contributed by atoms with Gasteiger partial charge in [-0.1, -0.05) is 0 Å². The summed E-state index contributed by atoms with van der Waals surface area (Å²) in [6, 6.07) is 0.747. The summed E-state index contributed by atoms with van der Waals surface area (Å²) in [5, 5.41) is 3.48. The van der Waals surface area contributed by atoms with Gasteiger partial charge in [-0.25, -0.2) is 0 Å². The average molecular weight is 243 g/mol. The van der Waals surface area contributed by atoms with Crippen molar-refractivity contribution in [2.24, 2.45) is 0 Å². The van der Waals surface area contributed by atoms with Crippen LogP contribution in [0, 0.1) is 0 Å². The molecule has 1 aliphatic heterocycles. The largest absolute Gasteiger partial charge is 0.385 e. The van der Waals surface area contributed by atoms with Crippen LogP contribution in [0.3, 0.4) is 0 Å². The molecule has 1 heterocycles. The van der Waals surface area contributed by atoms with Crippen LogP contribution in [-0.2, 0) is 4.74 Å². The molecule has 1 N–H and O–H groups in total. The zero-order valence-electron chi connectivity index (χ0n) is 11.7. The van der Waals surface area contributed by atoms with Crippen LogP contribution in [-0.4, -0.2) is 76.4 Å². The molecule has 1 rings (SSSR count). The van der Waals surface area contributed by atoms with Gasteiger partial charge in [0.2, 0.25) is 0 Å². The summed E-state index contributed by atoms with van der Waals surface area (Å²) in [4.78, 5) is 4.94. The van der Waals surface area contributed by atoms with Crippen molar-refractivity contribution in [3.05, 3.63) is 0 Å². The Hall–Kier alpha value is -0.160. The van der Waals surface area contributed by atoms with E-state index in [1.54, 1.807) is 7.11 Å². The van der Waals surface area contributed by atoms with Crippen LogP contribution in [0.4, 0.5) is 0 Å². The Morgan fingerprint density at radius 3 is 2.88 bits per heavy atom. The molecule has 1 saturated heterocycles. The first kappa shape index (κ1) is 14.9. The van der Waals surface area contributed by atoms with Gasteiger partial charge in [0.1, 0.15) is 0 Å². The molecule has 1 fully saturated rings. The van der Waals surface area contributed by atoms with E-state index < -0.39 is 0 Å². The first-order chi connectivity index (χ1) is 8.24. The van der Waals surface area contributed by atoms with Gasteiger partial charge < -0.3 is 19.9 Å². The molecule has 0 aliphatic carbocycles. The monoisotopic (exact) mass is 243 g/mol. The Morgan fingerprint density at radius 2 is 2.18 bits per heavy atom. The quantitative estimate of drug-likeness (QED) is 0.633. The second kappa shape index (κ2) is 8.86. The maximum absolute atomic E-state index is 5.02. The molecular weight excluding hydrogens is 214 g/mol. The second-order valence-electron chi connectivity index (χ2n) is 5.16. The predicted molar refractivity (Wildman–Crippen MR) is 72.5 cm³/mol. The molecule has 0 aromatic heterocycles. The topological polar surface area (TPSA) is 27.7 Å². The lowest BCUT2D eigenvalue weighted by Gasteiger charge is -2.36. The number of nitrogens with zero attached hydrogens (tertiary/aromatic N) is 2. The van der Waals surface area contributed by atoms with Crippen LogP contribution in [0.2, 0.25) is 0 Å². The molecule has 1 aliphatic rings. The van der Waals surface area contributed by atoms with Gasteiger partial charge in [-0.3, -0.25) is 0 Å².